The van der Waals surface area contributed by atoms with E-state index in [4.69, 9.17) is 23.2 Å². The molecule has 0 aromatic carbocycles. The molecule has 0 radical (unpaired) electrons. The Hall–Kier alpha value is -0.210. The number of allylic oxidation sites excluding steroid dienone is 1. The molecule has 1 N–H and O–H groups in total. The number of carbonyl (C=O) groups is 1. The first kappa shape index (κ1) is 10.8. The fraction of sp³-hybridized carbons (Fsp3) is 0.571. The lowest BCUT2D eigenvalue weighted by Crippen LogP contribution is -2.26. The summed E-state index contributed by atoms with van der Waals surface area (Å²) in [5.74, 6) is -0.156. The summed E-state index contributed by atoms with van der Waals surface area (Å²) < 4.78 is 0. The Bertz CT molecular complexity index is 162. The molecular formula is C7H11Cl2NO. The van der Waals surface area contributed by atoms with Crippen LogP contribution < -0.4 is 5.32 Å². The van der Waals surface area contributed by atoms with Crippen molar-refractivity contribution in [3.8, 4) is 0 Å². The fourth-order valence-electron chi connectivity index (χ4n) is 0.491. The standard InChI is InChI=1S/C7H11Cl2NO/c1-5(2)3-7(11)10-4-6(8)9/h3,6H,4H2,1-2H3,(H,10,11). The Kier molecular flexibility index (Phi) is 5.34. The van der Waals surface area contributed by atoms with Crippen molar-refractivity contribution in [3.05, 3.63) is 11.6 Å². The molecule has 64 valence electrons. The number of carbonyl (C=O) groups excluding carboxylic acids is 1. The smallest absolute Gasteiger partial charge is 0.244 e. The molecule has 0 unspecified atom stereocenters. The fourth-order valence-corrected chi connectivity index (χ4v) is 0.645. The van der Waals surface area contributed by atoms with Crippen LogP contribution in [0.15, 0.2) is 11.6 Å². The number of nitrogens with one attached hydrogen (secondary N) is 1. The first-order chi connectivity index (χ1) is 5.02. The SMILES string of the molecule is CC(C)=CC(=O)NCC(Cl)Cl. The van der Waals surface area contributed by atoms with E-state index in [0.29, 0.717) is 0 Å². The van der Waals surface area contributed by atoms with E-state index >= 15 is 0 Å². The Labute approximate surface area is 76.6 Å². The highest BCUT2D eigenvalue weighted by Crippen LogP contribution is 1.98. The Balaban J connectivity index is 3.63. The molecule has 4 heteroatoms. The van der Waals surface area contributed by atoms with Crippen molar-refractivity contribution in [3.63, 3.8) is 0 Å². The molecule has 0 aliphatic rings. The molecule has 0 aromatic heterocycles. The van der Waals surface area contributed by atoms with Gasteiger partial charge in [-0.05, 0) is 13.8 Å². The molecule has 2 nitrogen and oxygen atoms in total. The molecule has 0 heterocycles. The molecule has 0 aliphatic heterocycles. The average Bonchev–Trinajstić information content (AvgIpc) is 1.82. The zero-order valence-electron chi connectivity index (χ0n) is 6.53. The van der Waals surface area contributed by atoms with Crippen LogP contribution in [0.5, 0.6) is 0 Å². The van der Waals surface area contributed by atoms with Gasteiger partial charge in [0.2, 0.25) is 5.91 Å². The van der Waals surface area contributed by atoms with Crippen LogP contribution in [0.2, 0.25) is 0 Å². The summed E-state index contributed by atoms with van der Waals surface area (Å²) >= 11 is 10.8. The first-order valence-corrected chi connectivity index (χ1v) is 4.10. The maximum absolute atomic E-state index is 10.9. The van der Waals surface area contributed by atoms with Crippen molar-refractivity contribution in [2.24, 2.45) is 0 Å². The minimum Gasteiger partial charge on any atom is -0.350 e. The van der Waals surface area contributed by atoms with Gasteiger partial charge in [-0.2, -0.15) is 0 Å². The van der Waals surface area contributed by atoms with Crippen molar-refractivity contribution in [2.75, 3.05) is 6.54 Å². The summed E-state index contributed by atoms with van der Waals surface area (Å²) in [6.45, 7) is 3.97. The molecule has 0 saturated carbocycles. The van der Waals surface area contributed by atoms with Crippen LogP contribution in [0.4, 0.5) is 0 Å². The van der Waals surface area contributed by atoms with Gasteiger partial charge in [-0.3, -0.25) is 4.79 Å². The third-order valence-corrected chi connectivity index (χ3v) is 1.16. The molecule has 0 aromatic rings. The van der Waals surface area contributed by atoms with Crippen molar-refractivity contribution < 1.29 is 4.79 Å². The average molecular weight is 196 g/mol. The van der Waals surface area contributed by atoms with Crippen LogP contribution in [-0.2, 0) is 4.79 Å². The van der Waals surface area contributed by atoms with Gasteiger partial charge in [0.1, 0.15) is 4.84 Å². The molecular weight excluding hydrogens is 185 g/mol. The first-order valence-electron chi connectivity index (χ1n) is 3.23. The zero-order valence-corrected chi connectivity index (χ0v) is 8.04. The highest BCUT2D eigenvalue weighted by molar-refractivity contribution is 6.44. The van der Waals surface area contributed by atoms with E-state index in [0.717, 1.165) is 5.57 Å². The summed E-state index contributed by atoms with van der Waals surface area (Å²) in [6, 6.07) is 0. The van der Waals surface area contributed by atoms with Gasteiger partial charge >= 0.3 is 0 Å². The van der Waals surface area contributed by atoms with Crippen molar-refractivity contribution in [1.29, 1.82) is 0 Å². The predicted molar refractivity (Wildman–Crippen MR) is 47.9 cm³/mol. The zero-order chi connectivity index (χ0) is 8.85. The predicted octanol–water partition coefficient (Wildman–Crippen LogP) is 1.87. The summed E-state index contributed by atoms with van der Waals surface area (Å²) in [5.41, 5.74) is 0.947. The summed E-state index contributed by atoms with van der Waals surface area (Å²) in [4.78, 5) is 10.3. The molecule has 0 aliphatic carbocycles. The van der Waals surface area contributed by atoms with E-state index in [1.807, 2.05) is 13.8 Å². The Morgan fingerprint density at radius 2 is 2.09 bits per heavy atom. The van der Waals surface area contributed by atoms with E-state index in [1.54, 1.807) is 0 Å². The lowest BCUT2D eigenvalue weighted by atomic mass is 10.3. The van der Waals surface area contributed by atoms with Crippen LogP contribution in [-0.4, -0.2) is 17.3 Å². The summed E-state index contributed by atoms with van der Waals surface area (Å²) in [7, 11) is 0. The molecule has 0 fully saturated rings. The number of alkyl halides is 2. The van der Waals surface area contributed by atoms with Gasteiger partial charge in [-0.15, -0.1) is 23.2 Å². The minimum absolute atomic E-state index is 0.156. The molecule has 0 atom stereocenters. The van der Waals surface area contributed by atoms with Gasteiger partial charge in [0.15, 0.2) is 0 Å². The highest BCUT2D eigenvalue weighted by Gasteiger charge is 2.00. The minimum atomic E-state index is -0.537. The molecule has 11 heavy (non-hydrogen) atoms. The van der Waals surface area contributed by atoms with Crippen molar-refractivity contribution in [2.45, 2.75) is 18.7 Å². The molecule has 0 rings (SSSR count). The third-order valence-electron chi connectivity index (χ3n) is 0.850. The second-order valence-electron chi connectivity index (χ2n) is 2.36. The van der Waals surface area contributed by atoms with E-state index in [1.165, 1.54) is 6.08 Å². The van der Waals surface area contributed by atoms with Crippen LogP contribution in [0, 0.1) is 0 Å². The monoisotopic (exact) mass is 195 g/mol. The van der Waals surface area contributed by atoms with Crippen LogP contribution in [0.1, 0.15) is 13.8 Å². The molecule has 1 amide bonds. The molecule has 0 spiro atoms. The van der Waals surface area contributed by atoms with Crippen molar-refractivity contribution in [1.82, 2.24) is 5.32 Å². The summed E-state index contributed by atoms with van der Waals surface area (Å²) in [6.07, 6.45) is 1.50. The largest absolute Gasteiger partial charge is 0.350 e. The van der Waals surface area contributed by atoms with Crippen molar-refractivity contribution >= 4 is 29.1 Å². The normalized spacial score (nSPS) is 9.55. The second-order valence-corrected chi connectivity index (χ2v) is 3.63. The van der Waals surface area contributed by atoms with Crippen LogP contribution in [0.3, 0.4) is 0 Å². The molecule has 0 bridgehead atoms. The van der Waals surface area contributed by atoms with Gasteiger partial charge in [-0.1, -0.05) is 5.57 Å². The Morgan fingerprint density at radius 3 is 2.45 bits per heavy atom. The number of amides is 1. The number of rotatable bonds is 3. The van der Waals surface area contributed by atoms with Gasteiger partial charge in [0.05, 0.1) is 0 Å². The van der Waals surface area contributed by atoms with E-state index in [2.05, 4.69) is 5.32 Å². The lowest BCUT2D eigenvalue weighted by Gasteiger charge is -2.01. The summed E-state index contributed by atoms with van der Waals surface area (Å²) in [5, 5.41) is 2.53. The number of hydrogen-bond acceptors (Lipinski definition) is 1. The quantitative estimate of drug-likeness (QED) is 0.541. The van der Waals surface area contributed by atoms with E-state index in [9.17, 15) is 4.79 Å². The van der Waals surface area contributed by atoms with Crippen LogP contribution in [0.25, 0.3) is 0 Å². The number of hydrogen-bond donors (Lipinski definition) is 1. The van der Waals surface area contributed by atoms with Gasteiger partial charge in [0, 0.05) is 12.6 Å². The van der Waals surface area contributed by atoms with Gasteiger partial charge in [-0.25, -0.2) is 0 Å². The lowest BCUT2D eigenvalue weighted by molar-refractivity contribution is -0.116. The van der Waals surface area contributed by atoms with Gasteiger partial charge in [0.25, 0.3) is 0 Å². The van der Waals surface area contributed by atoms with E-state index in [-0.39, 0.29) is 12.5 Å². The highest BCUT2D eigenvalue weighted by atomic mass is 35.5. The Morgan fingerprint density at radius 1 is 1.55 bits per heavy atom. The second kappa shape index (κ2) is 5.44. The van der Waals surface area contributed by atoms with E-state index < -0.39 is 4.84 Å². The maximum atomic E-state index is 10.9. The van der Waals surface area contributed by atoms with Gasteiger partial charge < -0.3 is 5.32 Å². The third kappa shape index (κ3) is 7.69. The molecule has 0 saturated heterocycles. The maximum Gasteiger partial charge on any atom is 0.244 e. The number of halogens is 2. The topological polar surface area (TPSA) is 29.1 Å². The van der Waals surface area contributed by atoms with Crippen LogP contribution >= 0.6 is 23.2 Å².